The number of nitrogens with zero attached hydrogens (tertiary/aromatic N) is 1. The third-order valence-electron chi connectivity index (χ3n) is 5.08. The van der Waals surface area contributed by atoms with Crippen LogP contribution in [0.4, 0.5) is 0 Å². The first-order valence-corrected chi connectivity index (χ1v) is 8.53. The molecule has 1 aliphatic heterocycles. The maximum absolute atomic E-state index is 12.6. The van der Waals surface area contributed by atoms with E-state index >= 15 is 0 Å². The largest absolute Gasteiger partial charge is 0.349 e. The molecule has 0 bridgehead atoms. The lowest BCUT2D eigenvalue weighted by Crippen LogP contribution is -2.56. The summed E-state index contributed by atoms with van der Waals surface area (Å²) in [7, 11) is 0. The van der Waals surface area contributed by atoms with Crippen LogP contribution in [0.3, 0.4) is 0 Å². The van der Waals surface area contributed by atoms with Gasteiger partial charge in [0.05, 0.1) is 5.54 Å². The number of benzene rings is 1. The predicted octanol–water partition coefficient (Wildman–Crippen LogP) is 2.10. The van der Waals surface area contributed by atoms with Gasteiger partial charge in [0.1, 0.15) is 0 Å². The highest BCUT2D eigenvalue weighted by Crippen LogP contribution is 2.30. The van der Waals surface area contributed by atoms with Gasteiger partial charge >= 0.3 is 0 Å². The van der Waals surface area contributed by atoms with Gasteiger partial charge in [0.2, 0.25) is 5.91 Å². The molecule has 5 nitrogen and oxygen atoms in total. The second kappa shape index (κ2) is 7.99. The lowest BCUT2D eigenvalue weighted by molar-refractivity contribution is -0.137. The first-order chi connectivity index (χ1) is 11.1. The summed E-state index contributed by atoms with van der Waals surface area (Å²) in [6.07, 6.45) is 5.28. The molecule has 1 aromatic carbocycles. The van der Waals surface area contributed by atoms with Crippen molar-refractivity contribution in [3.05, 3.63) is 35.9 Å². The third-order valence-corrected chi connectivity index (χ3v) is 5.08. The van der Waals surface area contributed by atoms with Crippen molar-refractivity contribution in [2.75, 3.05) is 13.1 Å². The topological polar surface area (TPSA) is 75.4 Å². The van der Waals surface area contributed by atoms with Gasteiger partial charge in [-0.05, 0) is 37.8 Å². The van der Waals surface area contributed by atoms with Gasteiger partial charge in [0.25, 0.3) is 5.91 Å². The molecule has 2 aliphatic rings. The molecule has 1 saturated carbocycles. The van der Waals surface area contributed by atoms with Crippen LogP contribution in [0.25, 0.3) is 0 Å². The van der Waals surface area contributed by atoms with Crippen LogP contribution in [-0.2, 0) is 4.79 Å². The van der Waals surface area contributed by atoms with Gasteiger partial charge < -0.3 is 16.0 Å². The Balaban J connectivity index is 0.00000208. The molecule has 0 atom stereocenters. The smallest absolute Gasteiger partial charge is 0.251 e. The fourth-order valence-corrected chi connectivity index (χ4v) is 3.62. The highest BCUT2D eigenvalue weighted by Gasteiger charge is 2.40. The van der Waals surface area contributed by atoms with Gasteiger partial charge in [0.15, 0.2) is 0 Å². The summed E-state index contributed by atoms with van der Waals surface area (Å²) in [5.74, 6) is 0.0595. The van der Waals surface area contributed by atoms with Gasteiger partial charge in [-0.25, -0.2) is 0 Å². The molecule has 1 saturated heterocycles. The van der Waals surface area contributed by atoms with E-state index in [4.69, 9.17) is 5.73 Å². The number of amides is 2. The Morgan fingerprint density at radius 1 is 1.08 bits per heavy atom. The quantitative estimate of drug-likeness (QED) is 0.875. The molecule has 2 amide bonds. The Morgan fingerprint density at radius 3 is 2.25 bits per heavy atom. The van der Waals surface area contributed by atoms with Crippen LogP contribution >= 0.6 is 12.4 Å². The molecule has 6 heteroatoms. The van der Waals surface area contributed by atoms with E-state index in [0.717, 1.165) is 38.5 Å². The van der Waals surface area contributed by atoms with Gasteiger partial charge in [-0.1, -0.05) is 31.0 Å². The summed E-state index contributed by atoms with van der Waals surface area (Å²) in [6, 6.07) is 9.37. The number of nitrogens with one attached hydrogen (secondary N) is 1. The number of hydrogen-bond donors (Lipinski definition) is 2. The lowest BCUT2D eigenvalue weighted by Gasteiger charge is -2.37. The first-order valence-electron chi connectivity index (χ1n) is 8.53. The molecule has 132 valence electrons. The van der Waals surface area contributed by atoms with Gasteiger partial charge in [0, 0.05) is 24.7 Å². The van der Waals surface area contributed by atoms with Crippen molar-refractivity contribution < 1.29 is 9.59 Å². The molecule has 0 unspecified atom stereocenters. The van der Waals surface area contributed by atoms with Gasteiger partial charge in [-0.15, -0.1) is 12.4 Å². The number of rotatable bonds is 3. The van der Waals surface area contributed by atoms with Crippen molar-refractivity contribution >= 4 is 24.2 Å². The van der Waals surface area contributed by atoms with Gasteiger partial charge in [-0.3, -0.25) is 9.59 Å². The summed E-state index contributed by atoms with van der Waals surface area (Å²) in [5, 5.41) is 3.07. The standard InChI is InChI=1S/C18H25N3O2.ClH/c19-18(10-4-5-11-18)17(23)21-12-8-15(9-13-21)20-16(22)14-6-2-1-3-7-14;/h1-3,6-7,15H,4-5,8-13,19H2,(H,20,22);1H. The molecule has 1 heterocycles. The van der Waals surface area contributed by atoms with Crippen molar-refractivity contribution in [3.63, 3.8) is 0 Å². The minimum absolute atomic E-state index is 0. The SMILES string of the molecule is Cl.NC1(C(=O)N2CCC(NC(=O)c3ccccc3)CC2)CCCC1. The fraction of sp³-hybridized carbons (Fsp3) is 0.556. The summed E-state index contributed by atoms with van der Waals surface area (Å²) in [4.78, 5) is 26.6. The molecule has 0 spiro atoms. The van der Waals surface area contributed by atoms with Crippen molar-refractivity contribution in [2.24, 2.45) is 5.73 Å². The number of nitrogens with two attached hydrogens (primary N) is 1. The Hall–Kier alpha value is -1.59. The average Bonchev–Trinajstić information content (AvgIpc) is 3.03. The Morgan fingerprint density at radius 2 is 1.67 bits per heavy atom. The maximum Gasteiger partial charge on any atom is 0.251 e. The molecule has 2 fully saturated rings. The molecule has 24 heavy (non-hydrogen) atoms. The van der Waals surface area contributed by atoms with E-state index in [0.29, 0.717) is 18.7 Å². The summed E-state index contributed by atoms with van der Waals surface area (Å²) in [6.45, 7) is 1.36. The third kappa shape index (κ3) is 4.08. The first kappa shape index (κ1) is 18.7. The van der Waals surface area contributed by atoms with E-state index in [9.17, 15) is 9.59 Å². The Bertz CT molecular complexity index is 565. The molecule has 3 N–H and O–H groups in total. The highest BCUT2D eigenvalue weighted by atomic mass is 35.5. The highest BCUT2D eigenvalue weighted by molar-refractivity contribution is 5.94. The van der Waals surface area contributed by atoms with Crippen LogP contribution in [0.15, 0.2) is 30.3 Å². The summed E-state index contributed by atoms with van der Waals surface area (Å²) < 4.78 is 0. The number of carbonyl (C=O) groups excluding carboxylic acids is 2. The van der Waals surface area contributed by atoms with Crippen molar-refractivity contribution in [3.8, 4) is 0 Å². The number of likely N-dealkylation sites (tertiary alicyclic amines) is 1. The van der Waals surface area contributed by atoms with Crippen molar-refractivity contribution in [1.82, 2.24) is 10.2 Å². The molecular formula is C18H26ClN3O2. The van der Waals surface area contributed by atoms with E-state index < -0.39 is 5.54 Å². The van der Waals surface area contributed by atoms with Crippen LogP contribution in [0, 0.1) is 0 Å². The van der Waals surface area contributed by atoms with Crippen molar-refractivity contribution in [2.45, 2.75) is 50.1 Å². The van der Waals surface area contributed by atoms with Gasteiger partial charge in [-0.2, -0.15) is 0 Å². The second-order valence-corrected chi connectivity index (χ2v) is 6.77. The molecule has 1 aliphatic carbocycles. The second-order valence-electron chi connectivity index (χ2n) is 6.77. The summed E-state index contributed by atoms with van der Waals surface area (Å²) >= 11 is 0. The molecular weight excluding hydrogens is 326 g/mol. The van der Waals surface area contributed by atoms with E-state index in [2.05, 4.69) is 5.32 Å². The van der Waals surface area contributed by atoms with E-state index in [1.807, 2.05) is 35.2 Å². The van der Waals surface area contributed by atoms with E-state index in [-0.39, 0.29) is 30.3 Å². The molecule has 3 rings (SSSR count). The Labute approximate surface area is 149 Å². The molecule has 0 aromatic heterocycles. The number of carbonyl (C=O) groups is 2. The number of piperidine rings is 1. The monoisotopic (exact) mass is 351 g/mol. The van der Waals surface area contributed by atoms with E-state index in [1.54, 1.807) is 0 Å². The van der Waals surface area contributed by atoms with Crippen LogP contribution < -0.4 is 11.1 Å². The zero-order chi connectivity index (χ0) is 16.3. The maximum atomic E-state index is 12.6. The van der Waals surface area contributed by atoms with Crippen molar-refractivity contribution in [1.29, 1.82) is 0 Å². The molecule has 1 aromatic rings. The number of halogens is 1. The zero-order valence-electron chi connectivity index (χ0n) is 13.9. The van der Waals surface area contributed by atoms with E-state index in [1.165, 1.54) is 0 Å². The lowest BCUT2D eigenvalue weighted by atomic mass is 9.95. The fourth-order valence-electron chi connectivity index (χ4n) is 3.62. The van der Waals surface area contributed by atoms with Crippen LogP contribution in [0.2, 0.25) is 0 Å². The number of hydrogen-bond acceptors (Lipinski definition) is 3. The minimum atomic E-state index is -0.639. The Kier molecular flexibility index (Phi) is 6.24. The average molecular weight is 352 g/mol. The summed E-state index contributed by atoms with van der Waals surface area (Å²) in [5.41, 5.74) is 6.30. The normalized spacial score (nSPS) is 20.3. The van der Waals surface area contributed by atoms with Crippen LogP contribution in [0.1, 0.15) is 48.9 Å². The zero-order valence-corrected chi connectivity index (χ0v) is 14.7. The predicted molar refractivity (Wildman–Crippen MR) is 96.1 cm³/mol. The molecule has 0 radical (unpaired) electrons. The minimum Gasteiger partial charge on any atom is -0.349 e. The van der Waals surface area contributed by atoms with Crippen LogP contribution in [0.5, 0.6) is 0 Å². The van der Waals surface area contributed by atoms with Crippen LogP contribution in [-0.4, -0.2) is 41.4 Å².